The van der Waals surface area contributed by atoms with Crippen molar-refractivity contribution < 1.29 is 13.6 Å². The van der Waals surface area contributed by atoms with E-state index in [-0.39, 0.29) is 11.7 Å². The van der Waals surface area contributed by atoms with Crippen LogP contribution < -0.4 is 5.32 Å². The van der Waals surface area contributed by atoms with Crippen LogP contribution in [0.4, 0.5) is 4.39 Å². The summed E-state index contributed by atoms with van der Waals surface area (Å²) in [6.07, 6.45) is 17.7. The predicted octanol–water partition coefficient (Wildman–Crippen LogP) is 9.01. The summed E-state index contributed by atoms with van der Waals surface area (Å²) in [6.45, 7) is 0. The van der Waals surface area contributed by atoms with Gasteiger partial charge in [-0.15, -0.1) is 0 Å². The molecule has 2 aliphatic rings. The van der Waals surface area contributed by atoms with Gasteiger partial charge in [0.05, 0.1) is 5.56 Å². The molecule has 0 saturated heterocycles. The molecule has 2 atom stereocenters. The Morgan fingerprint density at radius 3 is 2.17 bits per heavy atom. The van der Waals surface area contributed by atoms with E-state index in [2.05, 4.69) is 17.4 Å². The van der Waals surface area contributed by atoms with Gasteiger partial charge in [0.2, 0.25) is 0 Å². The molecule has 2 aromatic carbocycles. The maximum atomic E-state index is 13.5. The first-order chi connectivity index (χ1) is 17.6. The molecule has 0 spiro atoms. The first-order valence-electron chi connectivity index (χ1n) is 14.2. The SMILES string of the molecule is CNC(=O)c1c(-c2ccc(F)cc2)oc2ccc(C3CCCCC(C4CCCCCCC4)CC3)cc12. The minimum absolute atomic E-state index is 0.174. The Hall–Kier alpha value is -2.62. The number of amides is 1. The Morgan fingerprint density at radius 1 is 0.806 bits per heavy atom. The van der Waals surface area contributed by atoms with Crippen molar-refractivity contribution in [3.63, 3.8) is 0 Å². The zero-order valence-electron chi connectivity index (χ0n) is 21.7. The fourth-order valence-corrected chi connectivity index (χ4v) is 6.79. The number of fused-ring (bicyclic) bond motifs is 1. The number of carbonyl (C=O) groups is 1. The number of nitrogens with one attached hydrogen (secondary N) is 1. The van der Waals surface area contributed by atoms with Crippen LogP contribution in [0, 0.1) is 17.7 Å². The fourth-order valence-electron chi connectivity index (χ4n) is 6.79. The molecule has 0 aliphatic heterocycles. The van der Waals surface area contributed by atoms with Gasteiger partial charge in [-0.3, -0.25) is 4.79 Å². The normalized spacial score (nSPS) is 22.4. The molecule has 1 aromatic heterocycles. The maximum absolute atomic E-state index is 13.5. The molecule has 0 bridgehead atoms. The quantitative estimate of drug-likeness (QED) is 0.397. The Bertz CT molecular complexity index is 1160. The van der Waals surface area contributed by atoms with Gasteiger partial charge in [0.15, 0.2) is 0 Å². The van der Waals surface area contributed by atoms with Crippen molar-refractivity contribution in [1.29, 1.82) is 0 Å². The lowest BCUT2D eigenvalue weighted by molar-refractivity contribution is 0.0964. The van der Waals surface area contributed by atoms with E-state index in [1.165, 1.54) is 101 Å². The van der Waals surface area contributed by atoms with Crippen molar-refractivity contribution in [1.82, 2.24) is 5.32 Å². The van der Waals surface area contributed by atoms with Crippen LogP contribution in [0.5, 0.6) is 0 Å². The highest BCUT2D eigenvalue weighted by molar-refractivity contribution is 6.11. The van der Waals surface area contributed by atoms with Crippen molar-refractivity contribution in [3.05, 3.63) is 59.4 Å². The number of carbonyl (C=O) groups excluding carboxylic acids is 1. The minimum atomic E-state index is -0.305. The molecule has 3 nitrogen and oxygen atoms in total. The van der Waals surface area contributed by atoms with Crippen molar-refractivity contribution in [2.24, 2.45) is 11.8 Å². The summed E-state index contributed by atoms with van der Waals surface area (Å²) in [4.78, 5) is 13.0. The number of hydrogen-bond donors (Lipinski definition) is 1. The summed E-state index contributed by atoms with van der Waals surface area (Å²) in [7, 11) is 1.64. The van der Waals surface area contributed by atoms with E-state index in [0.29, 0.717) is 28.4 Å². The topological polar surface area (TPSA) is 42.2 Å². The highest BCUT2D eigenvalue weighted by Crippen LogP contribution is 2.41. The highest BCUT2D eigenvalue weighted by Gasteiger charge is 2.27. The molecule has 1 N–H and O–H groups in total. The average Bonchev–Trinajstić information content (AvgIpc) is 3.23. The number of rotatable bonds is 4. The molecule has 192 valence electrons. The fraction of sp³-hybridized carbons (Fsp3) is 0.531. The Labute approximate surface area is 214 Å². The lowest BCUT2D eigenvalue weighted by Gasteiger charge is -2.32. The summed E-state index contributed by atoms with van der Waals surface area (Å²) in [5.74, 6) is 2.33. The third kappa shape index (κ3) is 5.53. The van der Waals surface area contributed by atoms with Gasteiger partial charge in [0.25, 0.3) is 5.91 Å². The molecular formula is C32H40FNO2. The van der Waals surface area contributed by atoms with Crippen LogP contribution in [0.1, 0.15) is 105 Å². The van der Waals surface area contributed by atoms with Crippen LogP contribution in [0.2, 0.25) is 0 Å². The van der Waals surface area contributed by atoms with Gasteiger partial charge in [-0.05, 0) is 79.0 Å². The number of furan rings is 1. The maximum Gasteiger partial charge on any atom is 0.255 e. The van der Waals surface area contributed by atoms with Crippen LogP contribution in [0.25, 0.3) is 22.3 Å². The number of halogens is 1. The van der Waals surface area contributed by atoms with Crippen LogP contribution in [-0.4, -0.2) is 13.0 Å². The third-order valence-electron chi connectivity index (χ3n) is 8.82. The number of benzene rings is 2. The highest BCUT2D eigenvalue weighted by atomic mass is 19.1. The zero-order valence-corrected chi connectivity index (χ0v) is 21.7. The van der Waals surface area contributed by atoms with Crippen molar-refractivity contribution in [3.8, 4) is 11.3 Å². The summed E-state index contributed by atoms with van der Waals surface area (Å²) in [5.41, 5.74) is 3.27. The van der Waals surface area contributed by atoms with Crippen molar-refractivity contribution in [2.45, 2.75) is 89.4 Å². The van der Waals surface area contributed by atoms with Crippen LogP contribution in [0.15, 0.2) is 46.9 Å². The molecule has 2 unspecified atom stereocenters. The molecule has 0 radical (unpaired) electrons. The van der Waals surface area contributed by atoms with Gasteiger partial charge in [-0.2, -0.15) is 0 Å². The summed E-state index contributed by atoms with van der Waals surface area (Å²) >= 11 is 0. The van der Waals surface area contributed by atoms with Crippen LogP contribution in [-0.2, 0) is 0 Å². The van der Waals surface area contributed by atoms with E-state index in [1.807, 2.05) is 6.07 Å². The Morgan fingerprint density at radius 2 is 1.44 bits per heavy atom. The largest absolute Gasteiger partial charge is 0.455 e. The molecule has 1 heterocycles. The predicted molar refractivity (Wildman–Crippen MR) is 145 cm³/mol. The summed E-state index contributed by atoms with van der Waals surface area (Å²) in [6, 6.07) is 12.6. The van der Waals surface area contributed by atoms with E-state index in [0.717, 1.165) is 17.2 Å². The first kappa shape index (κ1) is 25.0. The van der Waals surface area contributed by atoms with E-state index in [4.69, 9.17) is 4.42 Å². The second-order valence-corrected chi connectivity index (χ2v) is 11.1. The molecule has 2 saturated carbocycles. The van der Waals surface area contributed by atoms with E-state index in [9.17, 15) is 9.18 Å². The molecular weight excluding hydrogens is 449 g/mol. The monoisotopic (exact) mass is 489 g/mol. The molecule has 4 heteroatoms. The summed E-state index contributed by atoms with van der Waals surface area (Å²) < 4.78 is 19.7. The molecule has 1 amide bonds. The van der Waals surface area contributed by atoms with Gasteiger partial charge < -0.3 is 9.73 Å². The van der Waals surface area contributed by atoms with Crippen LogP contribution >= 0.6 is 0 Å². The lowest BCUT2D eigenvalue weighted by Crippen LogP contribution is -2.19. The smallest absolute Gasteiger partial charge is 0.255 e. The van der Waals surface area contributed by atoms with E-state index >= 15 is 0 Å². The molecule has 2 aliphatic carbocycles. The molecule has 3 aromatic rings. The first-order valence-corrected chi connectivity index (χ1v) is 14.2. The van der Waals surface area contributed by atoms with Crippen molar-refractivity contribution >= 4 is 16.9 Å². The standard InChI is InChI=1S/C32H40FNO2/c1-34-32(35)30-28-21-26(17-20-29(28)36-31(30)25-15-18-27(33)19-16-25)24-12-8-7-11-23(13-14-24)22-9-5-3-2-4-6-10-22/h15-24H,2-14H2,1H3,(H,34,35). The van der Waals surface area contributed by atoms with Gasteiger partial charge >= 0.3 is 0 Å². The zero-order chi connectivity index (χ0) is 24.9. The second kappa shape index (κ2) is 11.6. The Kier molecular flexibility index (Phi) is 8.09. The minimum Gasteiger partial charge on any atom is -0.455 e. The van der Waals surface area contributed by atoms with Gasteiger partial charge in [-0.1, -0.05) is 70.3 Å². The second-order valence-electron chi connectivity index (χ2n) is 11.1. The Balaban J connectivity index is 1.42. The van der Waals surface area contributed by atoms with Gasteiger partial charge in [-0.25, -0.2) is 4.39 Å². The van der Waals surface area contributed by atoms with Crippen LogP contribution in [0.3, 0.4) is 0 Å². The van der Waals surface area contributed by atoms with E-state index in [1.54, 1.807) is 19.2 Å². The third-order valence-corrected chi connectivity index (χ3v) is 8.82. The summed E-state index contributed by atoms with van der Waals surface area (Å²) in [5, 5.41) is 3.63. The average molecular weight is 490 g/mol. The van der Waals surface area contributed by atoms with Crippen molar-refractivity contribution in [2.75, 3.05) is 7.05 Å². The van der Waals surface area contributed by atoms with Gasteiger partial charge in [0, 0.05) is 18.0 Å². The molecule has 5 rings (SSSR count). The number of hydrogen-bond acceptors (Lipinski definition) is 2. The molecule has 36 heavy (non-hydrogen) atoms. The van der Waals surface area contributed by atoms with E-state index < -0.39 is 0 Å². The van der Waals surface area contributed by atoms with Gasteiger partial charge in [0.1, 0.15) is 17.2 Å². The molecule has 2 fully saturated rings. The lowest BCUT2D eigenvalue weighted by atomic mass is 9.73.